The van der Waals surface area contributed by atoms with Crippen molar-refractivity contribution in [3.05, 3.63) is 0 Å². The number of carbonyl (C=O) groups excluding carboxylic acids is 1. The molecule has 1 spiro atoms. The van der Waals surface area contributed by atoms with Crippen LogP contribution < -0.4 is 5.32 Å². The monoisotopic (exact) mass is 383 g/mol. The smallest absolute Gasteiger partial charge is 0.317 e. The number of carbonyl (C=O) groups is 1. The third kappa shape index (κ3) is 5.13. The first-order valence-electron chi connectivity index (χ1n) is 10.6. The fraction of sp³-hybridized carbons (Fsp3) is 0.950. The maximum absolute atomic E-state index is 12.6. The first kappa shape index (κ1) is 20.8. The molecule has 0 aromatic carbocycles. The molecule has 2 aliphatic heterocycles. The molecule has 0 aromatic heterocycles. The van der Waals surface area contributed by atoms with Gasteiger partial charge in [-0.05, 0) is 38.1 Å². The van der Waals surface area contributed by atoms with Crippen LogP contribution in [0.3, 0.4) is 0 Å². The van der Waals surface area contributed by atoms with E-state index in [1.807, 2.05) is 7.05 Å². The molecule has 2 heterocycles. The number of methoxy groups -OCH3 is 1. The quantitative estimate of drug-likeness (QED) is 0.682. The van der Waals surface area contributed by atoms with Crippen molar-refractivity contribution >= 4 is 6.03 Å². The highest BCUT2D eigenvalue weighted by atomic mass is 16.7. The number of rotatable bonds is 7. The van der Waals surface area contributed by atoms with E-state index in [2.05, 4.69) is 17.1 Å². The first-order chi connectivity index (χ1) is 13.1. The maximum atomic E-state index is 12.6. The molecule has 3 rings (SSSR count). The molecule has 2 amide bonds. The summed E-state index contributed by atoms with van der Waals surface area (Å²) in [6.45, 7) is 7.08. The van der Waals surface area contributed by atoms with Gasteiger partial charge in [-0.1, -0.05) is 6.92 Å². The lowest BCUT2D eigenvalue weighted by atomic mass is 9.74. The third-order valence-electron chi connectivity index (χ3n) is 6.29. The zero-order chi connectivity index (χ0) is 19.3. The van der Waals surface area contributed by atoms with Gasteiger partial charge in [0, 0.05) is 58.8 Å². The predicted molar refractivity (Wildman–Crippen MR) is 104 cm³/mol. The molecule has 3 aliphatic rings. The fourth-order valence-electron chi connectivity index (χ4n) is 5.06. The molecule has 1 saturated carbocycles. The summed E-state index contributed by atoms with van der Waals surface area (Å²) in [6, 6.07) is 0.799. The van der Waals surface area contributed by atoms with E-state index in [0.717, 1.165) is 51.6 Å². The van der Waals surface area contributed by atoms with Crippen LogP contribution in [0.2, 0.25) is 0 Å². The standard InChI is InChI=1S/C20H37N3O4/c1-4-8-23-15-17(21-19(24)22(2)9-5-10-25-3)13-16-14-20(7-6-18(16)23)26-11-12-27-20/h16-18H,4-15H2,1-3H3,(H,21,24)/t16-,17+,18-/m1/s1. The number of nitrogens with zero attached hydrogens (tertiary/aromatic N) is 2. The molecule has 1 aliphatic carbocycles. The van der Waals surface area contributed by atoms with Crippen molar-refractivity contribution < 1.29 is 19.0 Å². The highest BCUT2D eigenvalue weighted by Gasteiger charge is 2.49. The molecule has 0 aromatic rings. The van der Waals surface area contributed by atoms with Gasteiger partial charge < -0.3 is 24.4 Å². The average molecular weight is 384 g/mol. The van der Waals surface area contributed by atoms with Gasteiger partial charge in [0.25, 0.3) is 0 Å². The zero-order valence-electron chi connectivity index (χ0n) is 17.2. The highest BCUT2D eigenvalue weighted by molar-refractivity contribution is 5.74. The molecule has 2 saturated heterocycles. The lowest BCUT2D eigenvalue weighted by Crippen LogP contribution is -2.60. The summed E-state index contributed by atoms with van der Waals surface area (Å²) >= 11 is 0. The maximum Gasteiger partial charge on any atom is 0.317 e. The number of likely N-dealkylation sites (tertiary alicyclic amines) is 1. The minimum Gasteiger partial charge on any atom is -0.385 e. The Kier molecular flexibility index (Phi) is 7.36. The van der Waals surface area contributed by atoms with Gasteiger partial charge in [-0.3, -0.25) is 4.90 Å². The lowest BCUT2D eigenvalue weighted by molar-refractivity contribution is -0.201. The van der Waals surface area contributed by atoms with Gasteiger partial charge in [0.2, 0.25) is 0 Å². The van der Waals surface area contributed by atoms with Crippen LogP contribution in [-0.2, 0) is 14.2 Å². The third-order valence-corrected chi connectivity index (χ3v) is 6.29. The van der Waals surface area contributed by atoms with E-state index in [1.165, 1.54) is 0 Å². The molecule has 1 N–H and O–H groups in total. The van der Waals surface area contributed by atoms with Crippen molar-refractivity contribution in [1.82, 2.24) is 15.1 Å². The first-order valence-corrected chi connectivity index (χ1v) is 10.6. The largest absolute Gasteiger partial charge is 0.385 e. The number of ether oxygens (including phenoxy) is 3. The summed E-state index contributed by atoms with van der Waals surface area (Å²) in [5, 5.41) is 3.27. The molecule has 3 atom stereocenters. The molecule has 0 radical (unpaired) electrons. The van der Waals surface area contributed by atoms with E-state index in [9.17, 15) is 4.79 Å². The zero-order valence-corrected chi connectivity index (χ0v) is 17.2. The topological polar surface area (TPSA) is 63.3 Å². The van der Waals surface area contributed by atoms with Gasteiger partial charge in [0.05, 0.1) is 13.2 Å². The molecular formula is C20H37N3O4. The lowest BCUT2D eigenvalue weighted by Gasteiger charge is -2.51. The molecule has 0 unspecified atom stereocenters. The summed E-state index contributed by atoms with van der Waals surface area (Å²) in [4.78, 5) is 16.9. The van der Waals surface area contributed by atoms with E-state index < -0.39 is 0 Å². The van der Waals surface area contributed by atoms with Crippen LogP contribution in [0.25, 0.3) is 0 Å². The van der Waals surface area contributed by atoms with Crippen molar-refractivity contribution in [2.24, 2.45) is 5.92 Å². The number of nitrogens with one attached hydrogen (secondary N) is 1. The Morgan fingerprint density at radius 2 is 2.15 bits per heavy atom. The van der Waals surface area contributed by atoms with E-state index in [1.54, 1.807) is 12.0 Å². The van der Waals surface area contributed by atoms with Crippen LogP contribution in [0.4, 0.5) is 4.79 Å². The molecule has 0 bridgehead atoms. The molecular weight excluding hydrogens is 346 g/mol. The second kappa shape index (κ2) is 9.54. The number of amides is 2. The summed E-state index contributed by atoms with van der Waals surface area (Å²) in [5.41, 5.74) is 0. The summed E-state index contributed by atoms with van der Waals surface area (Å²) in [5.74, 6) is 0.156. The van der Waals surface area contributed by atoms with Crippen LogP contribution in [0.5, 0.6) is 0 Å². The van der Waals surface area contributed by atoms with Gasteiger partial charge in [0.15, 0.2) is 5.79 Å². The number of fused-ring (bicyclic) bond motifs is 1. The Hall–Kier alpha value is -0.890. The van der Waals surface area contributed by atoms with Crippen molar-refractivity contribution in [2.75, 3.05) is 53.6 Å². The number of urea groups is 1. The average Bonchev–Trinajstić information content (AvgIpc) is 3.09. The molecule has 3 fully saturated rings. The van der Waals surface area contributed by atoms with Crippen molar-refractivity contribution in [3.8, 4) is 0 Å². The van der Waals surface area contributed by atoms with Gasteiger partial charge >= 0.3 is 6.03 Å². The second-order valence-electron chi connectivity index (χ2n) is 8.32. The summed E-state index contributed by atoms with van der Waals surface area (Å²) in [6.07, 6.45) is 6.08. The normalized spacial score (nSPS) is 30.3. The Morgan fingerprint density at radius 3 is 2.85 bits per heavy atom. The molecule has 27 heavy (non-hydrogen) atoms. The van der Waals surface area contributed by atoms with Crippen molar-refractivity contribution in [3.63, 3.8) is 0 Å². The van der Waals surface area contributed by atoms with Crippen LogP contribution in [-0.4, -0.2) is 87.3 Å². The molecule has 156 valence electrons. The summed E-state index contributed by atoms with van der Waals surface area (Å²) < 4.78 is 17.1. The minimum absolute atomic E-state index is 0.0184. The molecule has 7 heteroatoms. The van der Waals surface area contributed by atoms with E-state index >= 15 is 0 Å². The Balaban J connectivity index is 1.58. The van der Waals surface area contributed by atoms with E-state index in [0.29, 0.717) is 38.3 Å². The van der Waals surface area contributed by atoms with Crippen LogP contribution >= 0.6 is 0 Å². The van der Waals surface area contributed by atoms with E-state index in [4.69, 9.17) is 14.2 Å². The van der Waals surface area contributed by atoms with Crippen LogP contribution in [0.1, 0.15) is 45.4 Å². The second-order valence-corrected chi connectivity index (χ2v) is 8.32. The minimum atomic E-state index is -0.359. The van der Waals surface area contributed by atoms with Crippen LogP contribution in [0.15, 0.2) is 0 Å². The number of hydrogen-bond donors (Lipinski definition) is 1. The van der Waals surface area contributed by atoms with Crippen molar-refractivity contribution in [1.29, 1.82) is 0 Å². The van der Waals surface area contributed by atoms with Crippen LogP contribution in [0, 0.1) is 5.92 Å². The Bertz CT molecular complexity index is 484. The Labute approximate surface area is 163 Å². The SMILES string of the molecule is CCCN1C[C@@H](NC(=O)N(C)CCCOC)C[C@@H]2CC3(CC[C@H]21)OCCO3. The fourth-order valence-corrected chi connectivity index (χ4v) is 5.06. The summed E-state index contributed by atoms with van der Waals surface area (Å²) in [7, 11) is 3.55. The Morgan fingerprint density at radius 1 is 1.37 bits per heavy atom. The van der Waals surface area contributed by atoms with Gasteiger partial charge in [-0.15, -0.1) is 0 Å². The van der Waals surface area contributed by atoms with Gasteiger partial charge in [-0.25, -0.2) is 4.79 Å². The number of hydrogen-bond acceptors (Lipinski definition) is 5. The van der Waals surface area contributed by atoms with Gasteiger partial charge in [-0.2, -0.15) is 0 Å². The highest BCUT2D eigenvalue weighted by Crippen LogP contribution is 2.44. The van der Waals surface area contributed by atoms with E-state index in [-0.39, 0.29) is 17.9 Å². The van der Waals surface area contributed by atoms with Gasteiger partial charge in [0.1, 0.15) is 0 Å². The molecule has 7 nitrogen and oxygen atoms in total. The predicted octanol–water partition coefficient (Wildman–Crippen LogP) is 2.06. The van der Waals surface area contributed by atoms with Crippen molar-refractivity contribution in [2.45, 2.75) is 63.3 Å². The number of piperidine rings is 1.